The maximum absolute atomic E-state index is 13.6. The van der Waals surface area contributed by atoms with Gasteiger partial charge in [-0.05, 0) is 37.1 Å². The predicted molar refractivity (Wildman–Crippen MR) is 105 cm³/mol. The van der Waals surface area contributed by atoms with Crippen LogP contribution in [-0.2, 0) is 4.79 Å². The van der Waals surface area contributed by atoms with Gasteiger partial charge in [-0.3, -0.25) is 4.79 Å². The Labute approximate surface area is 183 Å². The lowest BCUT2D eigenvalue weighted by atomic mass is 10.1. The molecule has 2 rings (SSSR count). The molecule has 13 heteroatoms. The van der Waals surface area contributed by atoms with E-state index in [2.05, 4.69) is 21.5 Å². The van der Waals surface area contributed by atoms with Crippen molar-refractivity contribution in [2.24, 2.45) is 0 Å². The lowest BCUT2D eigenvalue weighted by Crippen LogP contribution is -2.43. The smallest absolute Gasteiger partial charge is 0.405 e. The fraction of sp³-hybridized carbons (Fsp3) is 0.200. The fourth-order valence-electron chi connectivity index (χ4n) is 2.52. The molecule has 1 unspecified atom stereocenters. The molecule has 0 saturated heterocycles. The predicted octanol–water partition coefficient (Wildman–Crippen LogP) is 2.66. The van der Waals surface area contributed by atoms with E-state index >= 15 is 0 Å². The quantitative estimate of drug-likeness (QED) is 0.183. The molecular weight excluding hydrogens is 452 g/mol. The Bertz CT molecular complexity index is 1090. The maximum Gasteiger partial charge on any atom is 0.405 e. The summed E-state index contributed by atoms with van der Waals surface area (Å²) < 4.78 is 53.4. The van der Waals surface area contributed by atoms with Crippen molar-refractivity contribution in [1.29, 1.82) is 0 Å². The van der Waals surface area contributed by atoms with Gasteiger partial charge in [0.1, 0.15) is 11.6 Å². The van der Waals surface area contributed by atoms with Crippen molar-refractivity contribution < 1.29 is 42.2 Å². The average molecular weight is 468 g/mol. The van der Waals surface area contributed by atoms with E-state index < -0.39 is 53.2 Å². The van der Waals surface area contributed by atoms with Gasteiger partial charge < -0.3 is 26.2 Å². The van der Waals surface area contributed by atoms with Crippen LogP contribution in [0.15, 0.2) is 24.3 Å². The molecule has 0 saturated carbocycles. The fourth-order valence-corrected chi connectivity index (χ4v) is 2.52. The minimum Gasteiger partial charge on any atom is -0.465 e. The van der Waals surface area contributed by atoms with Gasteiger partial charge in [0, 0.05) is 17.8 Å². The number of amides is 3. The van der Waals surface area contributed by atoms with E-state index in [1.54, 1.807) is 0 Å². The second kappa shape index (κ2) is 11.3. The zero-order chi connectivity index (χ0) is 24.5. The zero-order valence-corrected chi connectivity index (χ0v) is 16.6. The molecule has 33 heavy (non-hydrogen) atoms. The molecule has 174 valence electrons. The molecule has 5 N–H and O–H groups in total. The highest BCUT2D eigenvalue weighted by molar-refractivity contribution is 5.96. The summed E-state index contributed by atoms with van der Waals surface area (Å²) in [7, 11) is 0. The van der Waals surface area contributed by atoms with Crippen LogP contribution in [0, 0.1) is 35.4 Å². The molecule has 0 aliphatic carbocycles. The maximum atomic E-state index is 13.6. The van der Waals surface area contributed by atoms with Crippen LogP contribution in [0.5, 0.6) is 0 Å². The molecule has 0 radical (unpaired) electrons. The SMILES string of the molecule is O=C(O)NCCCC(NC(=O)O)C(=O)Nc1ccc(C#Cc2c(F)c(F)nc(F)c2F)cc1. The highest BCUT2D eigenvalue weighted by Crippen LogP contribution is 2.16. The summed E-state index contributed by atoms with van der Waals surface area (Å²) >= 11 is 0. The van der Waals surface area contributed by atoms with E-state index in [9.17, 15) is 31.9 Å². The number of halogens is 4. The number of anilines is 1. The van der Waals surface area contributed by atoms with Crippen LogP contribution in [-0.4, -0.2) is 45.9 Å². The van der Waals surface area contributed by atoms with Gasteiger partial charge in [-0.15, -0.1) is 0 Å². The number of carboxylic acid groups (broad SMARTS) is 2. The third kappa shape index (κ3) is 7.39. The first kappa shape index (κ1) is 24.9. The van der Waals surface area contributed by atoms with Crippen LogP contribution < -0.4 is 16.0 Å². The van der Waals surface area contributed by atoms with Crippen molar-refractivity contribution in [2.45, 2.75) is 18.9 Å². The number of benzene rings is 1. The first-order valence-electron chi connectivity index (χ1n) is 9.17. The number of carbonyl (C=O) groups is 3. The Morgan fingerprint density at radius 3 is 2.09 bits per heavy atom. The molecule has 1 aromatic carbocycles. The Morgan fingerprint density at radius 1 is 0.939 bits per heavy atom. The van der Waals surface area contributed by atoms with E-state index in [-0.39, 0.29) is 30.6 Å². The topological polar surface area (TPSA) is 141 Å². The first-order chi connectivity index (χ1) is 15.6. The second-order valence-corrected chi connectivity index (χ2v) is 6.39. The number of aromatic nitrogens is 1. The minimum absolute atomic E-state index is 0.0121. The monoisotopic (exact) mass is 468 g/mol. The van der Waals surface area contributed by atoms with Gasteiger partial charge >= 0.3 is 12.2 Å². The average Bonchev–Trinajstić information content (AvgIpc) is 2.75. The molecule has 0 aliphatic heterocycles. The molecule has 3 amide bonds. The third-order valence-corrected chi connectivity index (χ3v) is 4.04. The number of hydrogen-bond donors (Lipinski definition) is 5. The van der Waals surface area contributed by atoms with Crippen LogP contribution >= 0.6 is 0 Å². The molecule has 2 aromatic rings. The number of carbonyl (C=O) groups excluding carboxylic acids is 1. The Hall–Kier alpha value is -4.34. The highest BCUT2D eigenvalue weighted by Gasteiger charge is 2.21. The van der Waals surface area contributed by atoms with Crippen LogP contribution in [0.25, 0.3) is 0 Å². The van der Waals surface area contributed by atoms with Crippen LogP contribution in [0.3, 0.4) is 0 Å². The van der Waals surface area contributed by atoms with E-state index in [0.29, 0.717) is 0 Å². The largest absolute Gasteiger partial charge is 0.465 e. The number of nitrogens with zero attached hydrogens (tertiary/aromatic N) is 1. The molecule has 9 nitrogen and oxygen atoms in total. The van der Waals surface area contributed by atoms with E-state index in [1.165, 1.54) is 24.3 Å². The van der Waals surface area contributed by atoms with Crippen LogP contribution in [0.4, 0.5) is 32.8 Å². The van der Waals surface area contributed by atoms with Crippen molar-refractivity contribution in [3.63, 3.8) is 0 Å². The standard InChI is InChI=1S/C20H16F4N4O5/c21-14-12(15(22)17(24)28-16(14)23)8-5-10-3-6-11(7-4-10)26-18(29)13(27-20(32)33)2-1-9-25-19(30)31/h3-4,6-7,13,25,27H,1-2,9H2,(H,26,29)(H,30,31)(H,32,33). The van der Waals surface area contributed by atoms with E-state index in [4.69, 9.17) is 10.2 Å². The third-order valence-electron chi connectivity index (χ3n) is 4.04. The van der Waals surface area contributed by atoms with Crippen molar-refractivity contribution in [2.75, 3.05) is 11.9 Å². The van der Waals surface area contributed by atoms with Crippen molar-refractivity contribution in [3.05, 3.63) is 58.9 Å². The highest BCUT2D eigenvalue weighted by atomic mass is 19.2. The van der Waals surface area contributed by atoms with Gasteiger partial charge in [0.25, 0.3) is 11.9 Å². The van der Waals surface area contributed by atoms with Crippen molar-refractivity contribution in [1.82, 2.24) is 15.6 Å². The van der Waals surface area contributed by atoms with E-state index in [0.717, 1.165) is 0 Å². The number of nitrogens with one attached hydrogen (secondary N) is 3. The Kier molecular flexibility index (Phi) is 8.56. The van der Waals surface area contributed by atoms with Gasteiger partial charge in [-0.2, -0.15) is 13.8 Å². The Morgan fingerprint density at radius 2 is 1.55 bits per heavy atom. The normalized spacial score (nSPS) is 11.0. The molecule has 0 bridgehead atoms. The van der Waals surface area contributed by atoms with Crippen LogP contribution in [0.2, 0.25) is 0 Å². The Balaban J connectivity index is 2.07. The molecule has 1 atom stereocenters. The number of pyridine rings is 1. The number of rotatable bonds is 7. The second-order valence-electron chi connectivity index (χ2n) is 6.39. The van der Waals surface area contributed by atoms with Gasteiger partial charge in [0.15, 0.2) is 11.6 Å². The van der Waals surface area contributed by atoms with Crippen molar-refractivity contribution in [3.8, 4) is 11.8 Å². The van der Waals surface area contributed by atoms with Gasteiger partial charge in [0.2, 0.25) is 5.91 Å². The lowest BCUT2D eigenvalue weighted by Gasteiger charge is -2.16. The van der Waals surface area contributed by atoms with Crippen LogP contribution in [0.1, 0.15) is 24.0 Å². The minimum atomic E-state index is -1.83. The molecule has 1 aromatic heterocycles. The summed E-state index contributed by atoms with van der Waals surface area (Å²) in [5.74, 6) is -3.54. The zero-order valence-electron chi connectivity index (χ0n) is 16.6. The summed E-state index contributed by atoms with van der Waals surface area (Å²) in [6, 6.07) is 4.21. The molecule has 1 heterocycles. The van der Waals surface area contributed by atoms with Gasteiger partial charge in [-0.1, -0.05) is 11.8 Å². The lowest BCUT2D eigenvalue weighted by molar-refractivity contribution is -0.118. The summed E-state index contributed by atoms with van der Waals surface area (Å²) in [4.78, 5) is 36.1. The molecular formula is C20H16F4N4O5. The summed E-state index contributed by atoms with van der Waals surface area (Å²) in [5.41, 5.74) is -0.716. The van der Waals surface area contributed by atoms with Gasteiger partial charge in [-0.25, -0.2) is 18.4 Å². The molecule has 0 aliphatic rings. The first-order valence-corrected chi connectivity index (χ1v) is 9.17. The summed E-state index contributed by atoms with van der Waals surface area (Å²) in [6.07, 6.45) is -2.51. The van der Waals surface area contributed by atoms with E-state index in [1.807, 2.05) is 11.2 Å². The number of hydrogen-bond acceptors (Lipinski definition) is 4. The molecule has 0 fully saturated rings. The molecule has 0 spiro atoms. The summed E-state index contributed by atoms with van der Waals surface area (Å²) in [5, 5.41) is 24.0. The van der Waals surface area contributed by atoms with Crippen molar-refractivity contribution >= 4 is 23.8 Å². The van der Waals surface area contributed by atoms with Gasteiger partial charge in [0.05, 0.1) is 0 Å². The summed E-state index contributed by atoms with van der Waals surface area (Å²) in [6.45, 7) is 0.0141.